The van der Waals surface area contributed by atoms with Gasteiger partial charge in [0.1, 0.15) is 0 Å². The Kier molecular flexibility index (Phi) is 5.58. The predicted molar refractivity (Wildman–Crippen MR) is 57.4 cm³/mol. The first-order valence-electron chi connectivity index (χ1n) is 5.03. The molecule has 4 heteroatoms. The molecule has 2 N–H and O–H groups in total. The quantitative estimate of drug-likeness (QED) is 0.624. The largest absolute Gasteiger partial charge is 0.314 e. The van der Waals surface area contributed by atoms with Crippen LogP contribution in [0.1, 0.15) is 19.3 Å². The minimum atomic E-state index is -0.655. The SMILES string of the molecule is CS(=O)CCNCC1CCCCN1. The Morgan fingerprint density at radius 1 is 1.54 bits per heavy atom. The van der Waals surface area contributed by atoms with Crippen molar-refractivity contribution in [3.8, 4) is 0 Å². The van der Waals surface area contributed by atoms with Crippen LogP contribution in [-0.4, -0.2) is 41.9 Å². The van der Waals surface area contributed by atoms with Crippen molar-refractivity contribution in [1.82, 2.24) is 10.6 Å². The molecular weight excluding hydrogens is 184 g/mol. The van der Waals surface area contributed by atoms with E-state index in [2.05, 4.69) is 10.6 Å². The van der Waals surface area contributed by atoms with Gasteiger partial charge in [-0.3, -0.25) is 4.21 Å². The van der Waals surface area contributed by atoms with Gasteiger partial charge in [-0.1, -0.05) is 6.42 Å². The summed E-state index contributed by atoms with van der Waals surface area (Å²) >= 11 is 0. The number of piperidine rings is 1. The highest BCUT2D eigenvalue weighted by Crippen LogP contribution is 2.05. The first kappa shape index (κ1) is 11.1. The lowest BCUT2D eigenvalue weighted by Gasteiger charge is -2.23. The molecule has 0 aromatic carbocycles. The van der Waals surface area contributed by atoms with Crippen LogP contribution < -0.4 is 10.6 Å². The maximum atomic E-state index is 10.8. The molecule has 1 rings (SSSR count). The molecular formula is C9H20N2OS. The molecule has 0 spiro atoms. The van der Waals surface area contributed by atoms with Gasteiger partial charge in [0.15, 0.2) is 0 Å². The molecule has 0 aliphatic carbocycles. The maximum Gasteiger partial charge on any atom is 0.0357 e. The van der Waals surface area contributed by atoms with Crippen molar-refractivity contribution in [2.45, 2.75) is 25.3 Å². The molecule has 2 atom stereocenters. The van der Waals surface area contributed by atoms with Gasteiger partial charge in [0.05, 0.1) is 0 Å². The Morgan fingerprint density at radius 2 is 2.38 bits per heavy atom. The average Bonchev–Trinajstić information content (AvgIpc) is 2.14. The third-order valence-electron chi connectivity index (χ3n) is 2.37. The third-order valence-corrected chi connectivity index (χ3v) is 3.15. The van der Waals surface area contributed by atoms with Crippen molar-refractivity contribution in [2.24, 2.45) is 0 Å². The van der Waals surface area contributed by atoms with Crippen LogP contribution in [-0.2, 0) is 10.8 Å². The Labute approximate surface area is 83.1 Å². The second-order valence-electron chi connectivity index (χ2n) is 3.63. The van der Waals surface area contributed by atoms with Crippen LogP contribution in [0.15, 0.2) is 0 Å². The zero-order valence-electron chi connectivity index (χ0n) is 8.34. The van der Waals surface area contributed by atoms with Crippen LogP contribution in [0.3, 0.4) is 0 Å². The van der Waals surface area contributed by atoms with E-state index in [1.807, 2.05) is 0 Å². The van der Waals surface area contributed by atoms with E-state index in [1.165, 1.54) is 19.3 Å². The zero-order valence-corrected chi connectivity index (χ0v) is 9.16. The summed E-state index contributed by atoms with van der Waals surface area (Å²) in [6.07, 6.45) is 5.69. The van der Waals surface area contributed by atoms with Crippen LogP contribution >= 0.6 is 0 Å². The fraction of sp³-hybridized carbons (Fsp3) is 1.00. The average molecular weight is 204 g/mol. The lowest BCUT2D eigenvalue weighted by molar-refractivity contribution is 0.386. The third kappa shape index (κ3) is 5.39. The Morgan fingerprint density at radius 3 is 3.00 bits per heavy atom. The van der Waals surface area contributed by atoms with Gasteiger partial charge < -0.3 is 10.6 Å². The summed E-state index contributed by atoms with van der Waals surface area (Å²) in [5, 5.41) is 6.80. The molecule has 1 aliphatic rings. The van der Waals surface area contributed by atoms with Crippen LogP contribution in [0, 0.1) is 0 Å². The van der Waals surface area contributed by atoms with E-state index in [0.29, 0.717) is 6.04 Å². The van der Waals surface area contributed by atoms with E-state index >= 15 is 0 Å². The molecule has 0 bridgehead atoms. The first-order valence-corrected chi connectivity index (χ1v) is 6.76. The number of hydrogen-bond acceptors (Lipinski definition) is 3. The summed E-state index contributed by atoms with van der Waals surface area (Å²) in [6.45, 7) is 3.06. The highest BCUT2D eigenvalue weighted by Gasteiger charge is 2.10. The van der Waals surface area contributed by atoms with Gasteiger partial charge >= 0.3 is 0 Å². The van der Waals surface area contributed by atoms with Gasteiger partial charge in [-0.15, -0.1) is 0 Å². The second-order valence-corrected chi connectivity index (χ2v) is 5.18. The van der Waals surface area contributed by atoms with Crippen LogP contribution in [0.25, 0.3) is 0 Å². The highest BCUT2D eigenvalue weighted by atomic mass is 32.2. The van der Waals surface area contributed by atoms with E-state index in [9.17, 15) is 4.21 Å². The summed E-state index contributed by atoms with van der Waals surface area (Å²) in [7, 11) is -0.655. The zero-order chi connectivity index (χ0) is 9.52. The molecule has 0 amide bonds. The molecule has 13 heavy (non-hydrogen) atoms. The molecule has 1 fully saturated rings. The van der Waals surface area contributed by atoms with Gasteiger partial charge in [-0.25, -0.2) is 0 Å². The van der Waals surface area contributed by atoms with Gasteiger partial charge in [0, 0.05) is 41.9 Å². The van der Waals surface area contributed by atoms with E-state index in [4.69, 9.17) is 0 Å². The molecule has 0 saturated carbocycles. The molecule has 1 aliphatic heterocycles. The Balaban J connectivity index is 1.95. The first-order chi connectivity index (χ1) is 6.29. The molecule has 78 valence electrons. The lowest BCUT2D eigenvalue weighted by atomic mass is 10.1. The summed E-state index contributed by atoms with van der Waals surface area (Å²) < 4.78 is 10.8. The van der Waals surface area contributed by atoms with Gasteiger partial charge in [-0.2, -0.15) is 0 Å². The van der Waals surface area contributed by atoms with Crippen LogP contribution in [0.4, 0.5) is 0 Å². The minimum Gasteiger partial charge on any atom is -0.314 e. The second kappa shape index (κ2) is 6.51. The minimum absolute atomic E-state index is 0.638. The smallest absolute Gasteiger partial charge is 0.0357 e. The highest BCUT2D eigenvalue weighted by molar-refractivity contribution is 7.84. The number of rotatable bonds is 5. The van der Waals surface area contributed by atoms with Crippen molar-refractivity contribution in [3.63, 3.8) is 0 Å². The maximum absolute atomic E-state index is 10.8. The number of nitrogens with one attached hydrogen (secondary N) is 2. The topological polar surface area (TPSA) is 41.1 Å². The Hall–Kier alpha value is 0.0700. The van der Waals surface area contributed by atoms with Crippen LogP contribution in [0.2, 0.25) is 0 Å². The van der Waals surface area contributed by atoms with Gasteiger partial charge in [0.25, 0.3) is 0 Å². The van der Waals surface area contributed by atoms with Gasteiger partial charge in [0.2, 0.25) is 0 Å². The molecule has 1 heterocycles. The summed E-state index contributed by atoms with van der Waals surface area (Å²) in [6, 6.07) is 0.638. The molecule has 3 nitrogen and oxygen atoms in total. The monoisotopic (exact) mass is 204 g/mol. The molecule has 0 aromatic heterocycles. The molecule has 0 radical (unpaired) electrons. The fourth-order valence-corrected chi connectivity index (χ4v) is 2.02. The Bertz CT molecular complexity index is 158. The van der Waals surface area contributed by atoms with E-state index in [-0.39, 0.29) is 0 Å². The van der Waals surface area contributed by atoms with Crippen molar-refractivity contribution in [2.75, 3.05) is 31.6 Å². The predicted octanol–water partition coefficient (Wildman–Crippen LogP) is 0.0966. The van der Waals surface area contributed by atoms with Gasteiger partial charge in [-0.05, 0) is 19.4 Å². The lowest BCUT2D eigenvalue weighted by Crippen LogP contribution is -2.42. The van der Waals surface area contributed by atoms with Crippen molar-refractivity contribution < 1.29 is 4.21 Å². The van der Waals surface area contributed by atoms with Crippen molar-refractivity contribution in [3.05, 3.63) is 0 Å². The molecule has 0 aromatic rings. The summed E-state index contributed by atoms with van der Waals surface area (Å²) in [4.78, 5) is 0. The van der Waals surface area contributed by atoms with E-state index in [0.717, 1.165) is 25.4 Å². The van der Waals surface area contributed by atoms with Crippen LogP contribution in [0.5, 0.6) is 0 Å². The van der Waals surface area contributed by atoms with Crippen molar-refractivity contribution in [1.29, 1.82) is 0 Å². The fourth-order valence-electron chi connectivity index (χ4n) is 1.59. The molecule has 2 unspecified atom stereocenters. The summed E-state index contributed by atoms with van der Waals surface area (Å²) in [5.41, 5.74) is 0. The summed E-state index contributed by atoms with van der Waals surface area (Å²) in [5.74, 6) is 0.771. The van der Waals surface area contributed by atoms with E-state index < -0.39 is 10.8 Å². The standard InChI is InChI=1S/C9H20N2OS/c1-13(12)7-6-10-8-9-4-2-3-5-11-9/h9-11H,2-8H2,1H3. The van der Waals surface area contributed by atoms with Crippen molar-refractivity contribution >= 4 is 10.8 Å². The van der Waals surface area contributed by atoms with E-state index in [1.54, 1.807) is 6.26 Å². The normalized spacial score (nSPS) is 25.8. The molecule has 1 saturated heterocycles. The number of hydrogen-bond donors (Lipinski definition) is 2.